The first-order valence-corrected chi connectivity index (χ1v) is 5.27. The molecular formula is C12H11N3O3. The van der Waals surface area contributed by atoms with Gasteiger partial charge in [-0.1, -0.05) is 6.07 Å². The van der Waals surface area contributed by atoms with Crippen LogP contribution in [-0.2, 0) is 4.79 Å². The summed E-state index contributed by atoms with van der Waals surface area (Å²) in [5, 5.41) is 14.1. The second kappa shape index (κ2) is 5.13. The second-order valence-electron chi connectivity index (χ2n) is 3.58. The minimum Gasteiger partial charge on any atom is -0.480 e. The van der Waals surface area contributed by atoms with Crippen molar-refractivity contribution in [2.75, 3.05) is 11.9 Å². The van der Waals surface area contributed by atoms with Gasteiger partial charge < -0.3 is 15.7 Å². The van der Waals surface area contributed by atoms with E-state index < -0.39 is 18.5 Å². The lowest BCUT2D eigenvalue weighted by atomic mass is 10.2. The molecule has 0 atom stereocenters. The lowest BCUT2D eigenvalue weighted by molar-refractivity contribution is -0.135. The number of carboxylic acid groups (broad SMARTS) is 1. The monoisotopic (exact) mass is 245 g/mol. The Morgan fingerprint density at radius 1 is 1.22 bits per heavy atom. The van der Waals surface area contributed by atoms with E-state index in [2.05, 4.69) is 15.6 Å². The molecule has 0 saturated carbocycles. The van der Waals surface area contributed by atoms with Crippen LogP contribution in [0.2, 0.25) is 0 Å². The molecule has 0 saturated heterocycles. The van der Waals surface area contributed by atoms with Gasteiger partial charge in [-0.3, -0.25) is 9.78 Å². The quantitative estimate of drug-likeness (QED) is 0.763. The van der Waals surface area contributed by atoms with Crippen molar-refractivity contribution in [3.63, 3.8) is 0 Å². The molecule has 2 rings (SSSR count). The van der Waals surface area contributed by atoms with E-state index in [4.69, 9.17) is 5.11 Å². The van der Waals surface area contributed by atoms with E-state index in [0.29, 0.717) is 5.69 Å². The summed E-state index contributed by atoms with van der Waals surface area (Å²) >= 11 is 0. The smallest absolute Gasteiger partial charge is 0.323 e. The van der Waals surface area contributed by atoms with Gasteiger partial charge in [0.2, 0.25) is 0 Å². The highest BCUT2D eigenvalue weighted by atomic mass is 16.4. The molecule has 18 heavy (non-hydrogen) atoms. The van der Waals surface area contributed by atoms with Crippen molar-refractivity contribution in [2.45, 2.75) is 0 Å². The average molecular weight is 245 g/mol. The Morgan fingerprint density at radius 3 is 2.83 bits per heavy atom. The van der Waals surface area contributed by atoms with E-state index in [9.17, 15) is 9.59 Å². The zero-order chi connectivity index (χ0) is 13.0. The van der Waals surface area contributed by atoms with Crippen LogP contribution in [0.3, 0.4) is 0 Å². The number of aromatic nitrogens is 1. The number of nitrogens with one attached hydrogen (secondary N) is 2. The van der Waals surface area contributed by atoms with Crippen molar-refractivity contribution in [1.82, 2.24) is 10.3 Å². The molecule has 0 fully saturated rings. The Morgan fingerprint density at radius 2 is 2.06 bits per heavy atom. The molecule has 1 aromatic heterocycles. The first-order chi connectivity index (χ1) is 8.66. The molecule has 0 bridgehead atoms. The van der Waals surface area contributed by atoms with Crippen molar-refractivity contribution in [3.8, 4) is 0 Å². The molecule has 2 aromatic rings. The maximum absolute atomic E-state index is 11.5. The lowest BCUT2D eigenvalue weighted by Gasteiger charge is -2.08. The van der Waals surface area contributed by atoms with Gasteiger partial charge in [-0.05, 0) is 24.3 Å². The molecule has 6 nitrogen and oxygen atoms in total. The number of fused-ring (bicyclic) bond motifs is 1. The number of hydrogen-bond acceptors (Lipinski definition) is 3. The van der Waals surface area contributed by atoms with Crippen LogP contribution < -0.4 is 10.6 Å². The van der Waals surface area contributed by atoms with Crippen molar-refractivity contribution < 1.29 is 14.7 Å². The maximum Gasteiger partial charge on any atom is 0.323 e. The standard InChI is InChI=1S/C12H11N3O3/c16-11(17)7-14-12(18)15-10-5-1-4-9-8(10)3-2-6-13-9/h1-6H,7H2,(H,16,17)(H2,14,15,18). The van der Waals surface area contributed by atoms with Gasteiger partial charge in [-0.25, -0.2) is 4.79 Å². The molecule has 0 aliphatic carbocycles. The SMILES string of the molecule is O=C(O)CNC(=O)Nc1cccc2ncccc12. The summed E-state index contributed by atoms with van der Waals surface area (Å²) in [6, 6.07) is 8.36. The Bertz CT molecular complexity index is 593. The number of pyridine rings is 1. The van der Waals surface area contributed by atoms with Crippen molar-refractivity contribution in [1.29, 1.82) is 0 Å². The number of rotatable bonds is 3. The summed E-state index contributed by atoms with van der Waals surface area (Å²) in [5.74, 6) is -1.09. The van der Waals surface area contributed by atoms with Crippen LogP contribution in [-0.4, -0.2) is 28.6 Å². The number of anilines is 1. The Labute approximate surface area is 103 Å². The third kappa shape index (κ3) is 2.73. The molecule has 1 heterocycles. The first kappa shape index (κ1) is 11.8. The minimum absolute atomic E-state index is 0.422. The molecule has 1 aromatic carbocycles. The molecule has 0 radical (unpaired) electrons. The minimum atomic E-state index is -1.09. The number of amides is 2. The molecule has 0 unspecified atom stereocenters. The predicted molar refractivity (Wildman–Crippen MR) is 66.4 cm³/mol. The number of aliphatic carboxylic acids is 1. The molecule has 92 valence electrons. The fourth-order valence-electron chi connectivity index (χ4n) is 1.53. The van der Waals surface area contributed by atoms with E-state index in [-0.39, 0.29) is 0 Å². The number of urea groups is 1. The summed E-state index contributed by atoms with van der Waals surface area (Å²) in [4.78, 5) is 25.9. The topological polar surface area (TPSA) is 91.3 Å². The van der Waals surface area contributed by atoms with E-state index in [1.165, 1.54) is 0 Å². The molecule has 6 heteroatoms. The van der Waals surface area contributed by atoms with E-state index >= 15 is 0 Å². The van der Waals surface area contributed by atoms with Crippen LogP contribution in [0.15, 0.2) is 36.5 Å². The number of nitrogens with zero attached hydrogens (tertiary/aromatic N) is 1. The number of carbonyl (C=O) groups is 2. The van der Waals surface area contributed by atoms with Crippen LogP contribution in [0.1, 0.15) is 0 Å². The van der Waals surface area contributed by atoms with Gasteiger partial charge in [-0.15, -0.1) is 0 Å². The van der Waals surface area contributed by atoms with Gasteiger partial charge in [0, 0.05) is 11.6 Å². The van der Waals surface area contributed by atoms with Crippen molar-refractivity contribution in [3.05, 3.63) is 36.5 Å². The normalized spacial score (nSPS) is 10.0. The molecular weight excluding hydrogens is 234 g/mol. The van der Waals surface area contributed by atoms with Gasteiger partial charge in [0.05, 0.1) is 11.2 Å². The zero-order valence-corrected chi connectivity index (χ0v) is 9.38. The Kier molecular flexibility index (Phi) is 3.38. The van der Waals surface area contributed by atoms with Crippen molar-refractivity contribution in [2.24, 2.45) is 0 Å². The predicted octanol–water partition coefficient (Wildman–Crippen LogP) is 1.44. The first-order valence-electron chi connectivity index (χ1n) is 5.27. The van der Waals surface area contributed by atoms with Gasteiger partial charge in [0.25, 0.3) is 0 Å². The summed E-state index contributed by atoms with van der Waals surface area (Å²) in [6.45, 7) is -0.422. The van der Waals surface area contributed by atoms with Crippen LogP contribution in [0.25, 0.3) is 10.9 Å². The molecule has 0 aliphatic heterocycles. The number of benzene rings is 1. The van der Waals surface area contributed by atoms with E-state index in [1.54, 1.807) is 24.4 Å². The largest absolute Gasteiger partial charge is 0.480 e. The average Bonchev–Trinajstić information content (AvgIpc) is 2.37. The third-order valence-corrected chi connectivity index (χ3v) is 2.29. The highest BCUT2D eigenvalue weighted by Gasteiger charge is 2.06. The zero-order valence-electron chi connectivity index (χ0n) is 9.38. The van der Waals surface area contributed by atoms with Gasteiger partial charge in [-0.2, -0.15) is 0 Å². The van der Waals surface area contributed by atoms with E-state index in [0.717, 1.165) is 10.9 Å². The highest BCUT2D eigenvalue weighted by Crippen LogP contribution is 2.20. The highest BCUT2D eigenvalue weighted by molar-refractivity contribution is 6.00. The van der Waals surface area contributed by atoms with Gasteiger partial charge in [0.15, 0.2) is 0 Å². The molecule has 0 spiro atoms. The third-order valence-electron chi connectivity index (χ3n) is 2.29. The van der Waals surface area contributed by atoms with Crippen molar-refractivity contribution >= 4 is 28.6 Å². The molecule has 0 aliphatic rings. The van der Waals surface area contributed by atoms with E-state index in [1.807, 2.05) is 12.1 Å². The van der Waals surface area contributed by atoms with Crippen LogP contribution in [0.5, 0.6) is 0 Å². The Hall–Kier alpha value is -2.63. The maximum atomic E-state index is 11.5. The van der Waals surface area contributed by atoms with Gasteiger partial charge in [0.1, 0.15) is 6.54 Å². The molecule has 2 amide bonds. The fraction of sp³-hybridized carbons (Fsp3) is 0.0833. The van der Waals surface area contributed by atoms with Crippen LogP contribution in [0, 0.1) is 0 Å². The second-order valence-corrected chi connectivity index (χ2v) is 3.58. The summed E-state index contributed by atoms with van der Waals surface area (Å²) in [6.07, 6.45) is 1.66. The molecule has 3 N–H and O–H groups in total. The summed E-state index contributed by atoms with van der Waals surface area (Å²) < 4.78 is 0. The summed E-state index contributed by atoms with van der Waals surface area (Å²) in [5.41, 5.74) is 1.34. The van der Waals surface area contributed by atoms with Crippen LogP contribution in [0.4, 0.5) is 10.5 Å². The summed E-state index contributed by atoms with van der Waals surface area (Å²) in [7, 11) is 0. The number of hydrogen-bond donors (Lipinski definition) is 3. The fourth-order valence-corrected chi connectivity index (χ4v) is 1.53. The van der Waals surface area contributed by atoms with Crippen LogP contribution >= 0.6 is 0 Å². The Balaban J connectivity index is 2.16. The van der Waals surface area contributed by atoms with Gasteiger partial charge >= 0.3 is 12.0 Å². The number of carbonyl (C=O) groups excluding carboxylic acids is 1. The number of carboxylic acids is 1. The lowest BCUT2D eigenvalue weighted by Crippen LogP contribution is -2.33.